The number of hydrogen-bond donors (Lipinski definition) is 1. The summed E-state index contributed by atoms with van der Waals surface area (Å²) >= 11 is 6.93. The van der Waals surface area contributed by atoms with Crippen LogP contribution in [0, 0.1) is 0 Å². The highest BCUT2D eigenvalue weighted by Gasteiger charge is 2.36. The van der Waals surface area contributed by atoms with Gasteiger partial charge in [-0.2, -0.15) is 0 Å². The molecule has 8 heteroatoms. The number of imide groups is 1. The number of rotatable bonds is 6. The van der Waals surface area contributed by atoms with E-state index in [4.69, 9.17) is 11.6 Å². The number of fused-ring (bicyclic) bond motifs is 1. The van der Waals surface area contributed by atoms with E-state index in [0.29, 0.717) is 22.2 Å². The molecular weight excluding hydrogens is 482 g/mol. The van der Waals surface area contributed by atoms with Crippen LogP contribution in [0.5, 0.6) is 0 Å². The van der Waals surface area contributed by atoms with E-state index in [2.05, 4.69) is 5.32 Å². The number of amides is 3. The largest absolute Gasteiger partial charge is 0.350 e. The molecule has 1 saturated heterocycles. The van der Waals surface area contributed by atoms with Gasteiger partial charge in [0.2, 0.25) is 5.91 Å². The van der Waals surface area contributed by atoms with Crippen LogP contribution in [0.15, 0.2) is 90.0 Å². The molecule has 174 valence electrons. The minimum Gasteiger partial charge on any atom is -0.350 e. The molecule has 4 aromatic rings. The van der Waals surface area contributed by atoms with Crippen molar-refractivity contribution in [3.8, 4) is 0 Å². The summed E-state index contributed by atoms with van der Waals surface area (Å²) in [4.78, 5) is 39.8. The molecule has 0 saturated carbocycles. The zero-order chi connectivity index (χ0) is 24.4. The van der Waals surface area contributed by atoms with Gasteiger partial charge in [0.1, 0.15) is 6.54 Å². The molecule has 1 aliphatic heterocycles. The Labute approximate surface area is 211 Å². The topological polar surface area (TPSA) is 71.4 Å². The summed E-state index contributed by atoms with van der Waals surface area (Å²) in [6, 6.07) is 24.0. The molecule has 0 radical (unpaired) electrons. The second kappa shape index (κ2) is 9.82. The molecule has 0 spiro atoms. The molecule has 3 aromatic carbocycles. The van der Waals surface area contributed by atoms with Crippen molar-refractivity contribution < 1.29 is 14.4 Å². The molecule has 1 aliphatic rings. The first-order chi connectivity index (χ1) is 17.0. The molecule has 35 heavy (non-hydrogen) atoms. The zero-order valence-electron chi connectivity index (χ0n) is 18.5. The Balaban J connectivity index is 1.40. The van der Waals surface area contributed by atoms with Crippen LogP contribution >= 0.6 is 23.4 Å². The van der Waals surface area contributed by atoms with Gasteiger partial charge < -0.3 is 9.88 Å². The molecule has 1 N–H and O–H groups in total. The summed E-state index contributed by atoms with van der Waals surface area (Å²) in [5.74, 6) is -0.526. The lowest BCUT2D eigenvalue weighted by Gasteiger charge is -2.12. The highest BCUT2D eigenvalue weighted by Crippen LogP contribution is 2.37. The fraction of sp³-hybridized carbons (Fsp3) is 0.0741. The number of para-hydroxylation sites is 1. The second-order valence-electron chi connectivity index (χ2n) is 7.99. The van der Waals surface area contributed by atoms with Gasteiger partial charge in [-0.15, -0.1) is 0 Å². The van der Waals surface area contributed by atoms with Crippen molar-refractivity contribution in [2.75, 3.05) is 4.90 Å². The van der Waals surface area contributed by atoms with Gasteiger partial charge in [-0.3, -0.25) is 14.4 Å². The first kappa shape index (κ1) is 23.0. The van der Waals surface area contributed by atoms with Crippen molar-refractivity contribution in [2.45, 2.75) is 13.1 Å². The number of hydrogen-bond acceptors (Lipinski definition) is 4. The quantitative estimate of drug-likeness (QED) is 0.336. The highest BCUT2D eigenvalue weighted by atomic mass is 35.5. The van der Waals surface area contributed by atoms with Gasteiger partial charge in [0.25, 0.3) is 11.1 Å². The number of nitrogens with zero attached hydrogens (tertiary/aromatic N) is 2. The van der Waals surface area contributed by atoms with E-state index in [-0.39, 0.29) is 17.7 Å². The van der Waals surface area contributed by atoms with Crippen molar-refractivity contribution >= 4 is 63.1 Å². The minimum atomic E-state index is -0.403. The van der Waals surface area contributed by atoms with Gasteiger partial charge in [-0.1, -0.05) is 66.2 Å². The average molecular weight is 502 g/mol. The number of carbonyl (C=O) groups is 3. The summed E-state index contributed by atoms with van der Waals surface area (Å²) < 4.78 is 1.85. The highest BCUT2D eigenvalue weighted by molar-refractivity contribution is 8.19. The van der Waals surface area contributed by atoms with Gasteiger partial charge in [0.05, 0.1) is 10.6 Å². The van der Waals surface area contributed by atoms with E-state index in [1.54, 1.807) is 30.3 Å². The number of benzene rings is 3. The number of halogens is 1. The first-order valence-electron chi connectivity index (χ1n) is 10.9. The molecule has 0 bridgehead atoms. The molecule has 6 nitrogen and oxygen atoms in total. The van der Waals surface area contributed by atoms with Crippen LogP contribution in [0.4, 0.5) is 10.5 Å². The lowest BCUT2D eigenvalue weighted by atomic mass is 10.1. The standard InChI is InChI=1S/C27H20ClN3O3S/c28-20-9-6-10-21(14-20)31-26(33)24(35-27(31)34)13-19-16-30(23-12-5-4-11-22(19)23)17-25(32)29-15-18-7-2-1-3-8-18/h1-14,16H,15,17H2,(H,29,32)/b24-13-. The van der Waals surface area contributed by atoms with Crippen molar-refractivity contribution in [3.63, 3.8) is 0 Å². The third kappa shape index (κ3) is 4.87. The molecule has 1 fully saturated rings. The fourth-order valence-electron chi connectivity index (χ4n) is 3.97. The molecular formula is C27H20ClN3O3S. The van der Waals surface area contributed by atoms with Crippen LogP contribution in [-0.4, -0.2) is 21.6 Å². The predicted octanol–water partition coefficient (Wildman–Crippen LogP) is 5.85. The van der Waals surface area contributed by atoms with Crippen LogP contribution in [0.2, 0.25) is 5.02 Å². The molecule has 0 aliphatic carbocycles. The maximum absolute atomic E-state index is 13.1. The van der Waals surface area contributed by atoms with E-state index in [9.17, 15) is 14.4 Å². The number of thioether (sulfide) groups is 1. The smallest absolute Gasteiger partial charge is 0.298 e. The van der Waals surface area contributed by atoms with Crippen LogP contribution < -0.4 is 10.2 Å². The number of aromatic nitrogens is 1. The molecule has 0 atom stereocenters. The molecule has 0 unspecified atom stereocenters. The maximum Gasteiger partial charge on any atom is 0.298 e. The van der Waals surface area contributed by atoms with Gasteiger partial charge in [-0.25, -0.2) is 4.90 Å². The van der Waals surface area contributed by atoms with Crippen LogP contribution in [-0.2, 0) is 22.7 Å². The fourth-order valence-corrected chi connectivity index (χ4v) is 4.99. The van der Waals surface area contributed by atoms with Crippen molar-refractivity contribution in [2.24, 2.45) is 0 Å². The van der Waals surface area contributed by atoms with Crippen molar-refractivity contribution in [3.05, 3.63) is 106 Å². The van der Waals surface area contributed by atoms with E-state index in [0.717, 1.165) is 38.7 Å². The second-order valence-corrected chi connectivity index (χ2v) is 9.42. The summed E-state index contributed by atoms with van der Waals surface area (Å²) in [7, 11) is 0. The van der Waals surface area contributed by atoms with Gasteiger partial charge in [0.15, 0.2) is 0 Å². The third-order valence-corrected chi connectivity index (χ3v) is 6.72. The Kier molecular flexibility index (Phi) is 6.44. The Bertz CT molecular complexity index is 1480. The third-order valence-electron chi connectivity index (χ3n) is 5.61. The van der Waals surface area contributed by atoms with Crippen LogP contribution in [0.1, 0.15) is 11.1 Å². The zero-order valence-corrected chi connectivity index (χ0v) is 20.1. The Morgan fingerprint density at radius 1 is 0.971 bits per heavy atom. The minimum absolute atomic E-state index is 0.123. The molecule has 1 aromatic heterocycles. The summed E-state index contributed by atoms with van der Waals surface area (Å²) in [5.41, 5.74) is 3.07. The van der Waals surface area contributed by atoms with Gasteiger partial charge >= 0.3 is 0 Å². The van der Waals surface area contributed by atoms with Crippen LogP contribution in [0.3, 0.4) is 0 Å². The van der Waals surface area contributed by atoms with E-state index in [1.165, 1.54) is 0 Å². The average Bonchev–Trinajstić information content (AvgIpc) is 3.34. The van der Waals surface area contributed by atoms with Crippen molar-refractivity contribution in [1.29, 1.82) is 0 Å². The number of anilines is 1. The van der Waals surface area contributed by atoms with Gasteiger partial charge in [0, 0.05) is 34.2 Å². The van der Waals surface area contributed by atoms with E-state index < -0.39 is 5.91 Å². The number of nitrogens with one attached hydrogen (secondary N) is 1. The van der Waals surface area contributed by atoms with Crippen LogP contribution in [0.25, 0.3) is 17.0 Å². The lowest BCUT2D eigenvalue weighted by molar-refractivity contribution is -0.121. The van der Waals surface area contributed by atoms with Crippen molar-refractivity contribution in [1.82, 2.24) is 9.88 Å². The predicted molar refractivity (Wildman–Crippen MR) is 140 cm³/mol. The molecule has 2 heterocycles. The maximum atomic E-state index is 13.1. The Morgan fingerprint density at radius 2 is 1.74 bits per heavy atom. The normalized spacial score (nSPS) is 14.8. The monoisotopic (exact) mass is 501 g/mol. The summed E-state index contributed by atoms with van der Waals surface area (Å²) in [5, 5.41) is 3.89. The summed E-state index contributed by atoms with van der Waals surface area (Å²) in [6.07, 6.45) is 3.54. The first-order valence-corrected chi connectivity index (χ1v) is 12.1. The van der Waals surface area contributed by atoms with E-state index >= 15 is 0 Å². The number of carbonyl (C=O) groups excluding carboxylic acids is 3. The molecule has 3 amide bonds. The summed E-state index contributed by atoms with van der Waals surface area (Å²) in [6.45, 7) is 0.577. The van der Waals surface area contributed by atoms with E-state index in [1.807, 2.05) is 65.4 Å². The lowest BCUT2D eigenvalue weighted by Crippen LogP contribution is -2.27. The molecule has 5 rings (SSSR count). The van der Waals surface area contributed by atoms with Gasteiger partial charge in [-0.05, 0) is 47.7 Å². The Hall–Kier alpha value is -3.81. The SMILES string of the molecule is O=C(Cn1cc(/C=C2\SC(=O)N(c3cccc(Cl)c3)C2=O)c2ccccc21)NCc1ccccc1. The Morgan fingerprint density at radius 3 is 2.54 bits per heavy atom.